The second-order valence-corrected chi connectivity index (χ2v) is 6.25. The first-order valence-electron chi connectivity index (χ1n) is 6.55. The molecule has 2 unspecified atom stereocenters. The number of likely N-dealkylation sites (tertiary alicyclic amines) is 1. The van der Waals surface area contributed by atoms with Gasteiger partial charge in [0.25, 0.3) is 0 Å². The fourth-order valence-corrected chi connectivity index (χ4v) is 3.15. The SMILES string of the molecule is COC1CCN(Cc2ccc(Cl)c(Br)c2)C(CN)C1.Cl. The molecule has 1 aliphatic rings. The molecule has 0 bridgehead atoms. The van der Waals surface area contributed by atoms with Crippen LogP contribution in [0.15, 0.2) is 22.7 Å². The van der Waals surface area contributed by atoms with Crippen LogP contribution in [0.1, 0.15) is 18.4 Å². The highest BCUT2D eigenvalue weighted by molar-refractivity contribution is 9.10. The van der Waals surface area contributed by atoms with E-state index in [9.17, 15) is 0 Å². The molecule has 1 aliphatic heterocycles. The van der Waals surface area contributed by atoms with Crippen LogP contribution in [-0.4, -0.2) is 37.2 Å². The number of halogens is 3. The number of hydrogen-bond donors (Lipinski definition) is 1. The third-order valence-electron chi connectivity index (χ3n) is 3.76. The first kappa shape index (κ1) is 18.2. The molecule has 0 saturated carbocycles. The third kappa shape index (κ3) is 4.58. The minimum Gasteiger partial charge on any atom is -0.381 e. The fourth-order valence-electron chi connectivity index (χ4n) is 2.60. The molecule has 1 heterocycles. The summed E-state index contributed by atoms with van der Waals surface area (Å²) in [5, 5.41) is 0.747. The molecule has 0 spiro atoms. The molecule has 2 N–H and O–H groups in total. The third-order valence-corrected chi connectivity index (χ3v) is 4.98. The molecule has 2 atom stereocenters. The van der Waals surface area contributed by atoms with Crippen LogP contribution in [0, 0.1) is 0 Å². The molecule has 2 rings (SSSR count). The largest absolute Gasteiger partial charge is 0.381 e. The van der Waals surface area contributed by atoms with Crippen LogP contribution in [-0.2, 0) is 11.3 Å². The molecule has 1 fully saturated rings. The Morgan fingerprint density at radius 3 is 2.85 bits per heavy atom. The fraction of sp³-hybridized carbons (Fsp3) is 0.571. The van der Waals surface area contributed by atoms with Crippen LogP contribution >= 0.6 is 39.9 Å². The van der Waals surface area contributed by atoms with Crippen LogP contribution in [0.2, 0.25) is 5.02 Å². The topological polar surface area (TPSA) is 38.5 Å². The van der Waals surface area contributed by atoms with Gasteiger partial charge in [-0.3, -0.25) is 4.90 Å². The average molecular weight is 384 g/mol. The molecule has 1 aromatic carbocycles. The molecule has 6 heteroatoms. The normalized spacial score (nSPS) is 23.4. The highest BCUT2D eigenvalue weighted by Crippen LogP contribution is 2.26. The molecule has 1 saturated heterocycles. The maximum atomic E-state index is 6.02. The zero-order valence-corrected chi connectivity index (χ0v) is 14.7. The van der Waals surface area contributed by atoms with Crippen molar-refractivity contribution >= 4 is 39.9 Å². The molecule has 0 radical (unpaired) electrons. The first-order chi connectivity index (χ1) is 9.13. The van der Waals surface area contributed by atoms with Gasteiger partial charge in [0.05, 0.1) is 11.1 Å². The maximum Gasteiger partial charge on any atom is 0.0599 e. The van der Waals surface area contributed by atoms with Crippen LogP contribution in [0.25, 0.3) is 0 Å². The Morgan fingerprint density at radius 2 is 2.25 bits per heavy atom. The molecule has 3 nitrogen and oxygen atoms in total. The number of piperidine rings is 1. The van der Waals surface area contributed by atoms with Crippen LogP contribution in [0.5, 0.6) is 0 Å². The van der Waals surface area contributed by atoms with Crippen molar-refractivity contribution in [1.82, 2.24) is 4.90 Å². The monoisotopic (exact) mass is 382 g/mol. The van der Waals surface area contributed by atoms with E-state index in [1.807, 2.05) is 6.07 Å². The summed E-state index contributed by atoms with van der Waals surface area (Å²) in [6, 6.07) is 6.48. The lowest BCUT2D eigenvalue weighted by atomic mass is 9.98. The van der Waals surface area contributed by atoms with Crippen molar-refractivity contribution < 1.29 is 4.74 Å². The van der Waals surface area contributed by atoms with Gasteiger partial charge in [0, 0.05) is 37.3 Å². The lowest BCUT2D eigenvalue weighted by Gasteiger charge is -2.38. The molecule has 114 valence electrons. The Hall–Kier alpha value is 0.160. The van der Waals surface area contributed by atoms with Gasteiger partial charge in [0.15, 0.2) is 0 Å². The quantitative estimate of drug-likeness (QED) is 0.865. The highest BCUT2D eigenvalue weighted by atomic mass is 79.9. The summed E-state index contributed by atoms with van der Waals surface area (Å²) in [5.41, 5.74) is 7.15. The van der Waals surface area contributed by atoms with Crippen molar-refractivity contribution in [2.75, 3.05) is 20.2 Å². The van der Waals surface area contributed by atoms with Crippen LogP contribution in [0.4, 0.5) is 0 Å². The lowest BCUT2D eigenvalue weighted by Crippen LogP contribution is -2.47. The van der Waals surface area contributed by atoms with Gasteiger partial charge < -0.3 is 10.5 Å². The summed E-state index contributed by atoms with van der Waals surface area (Å²) < 4.78 is 6.40. The summed E-state index contributed by atoms with van der Waals surface area (Å²) in [6.07, 6.45) is 2.44. The zero-order chi connectivity index (χ0) is 13.8. The molecule has 0 aliphatic carbocycles. The van der Waals surface area contributed by atoms with E-state index in [1.165, 1.54) is 5.56 Å². The van der Waals surface area contributed by atoms with Gasteiger partial charge in [-0.05, 0) is 46.5 Å². The highest BCUT2D eigenvalue weighted by Gasteiger charge is 2.27. The summed E-state index contributed by atoms with van der Waals surface area (Å²) in [6.45, 7) is 2.61. The number of ether oxygens (including phenoxy) is 1. The molecule has 0 aromatic heterocycles. The molecule has 1 aromatic rings. The number of nitrogens with two attached hydrogens (primary N) is 1. The van der Waals surface area contributed by atoms with Crippen molar-refractivity contribution in [2.24, 2.45) is 5.73 Å². The van der Waals surface area contributed by atoms with Gasteiger partial charge in [-0.1, -0.05) is 17.7 Å². The Balaban J connectivity index is 0.00000200. The Kier molecular flexibility index (Phi) is 7.80. The van der Waals surface area contributed by atoms with E-state index in [0.29, 0.717) is 18.7 Å². The van der Waals surface area contributed by atoms with E-state index < -0.39 is 0 Å². The Labute approximate surface area is 140 Å². The van der Waals surface area contributed by atoms with Gasteiger partial charge in [-0.15, -0.1) is 12.4 Å². The maximum absolute atomic E-state index is 6.02. The predicted molar refractivity (Wildman–Crippen MR) is 89.7 cm³/mol. The predicted octanol–water partition coefficient (Wildman–Crippen LogP) is 3.46. The Morgan fingerprint density at radius 1 is 1.50 bits per heavy atom. The molecule has 20 heavy (non-hydrogen) atoms. The number of methoxy groups -OCH3 is 1. The minimum absolute atomic E-state index is 0. The van der Waals surface area contributed by atoms with Crippen LogP contribution < -0.4 is 5.73 Å². The Bertz CT molecular complexity index is 434. The number of benzene rings is 1. The van der Waals surface area contributed by atoms with Crippen molar-refractivity contribution in [2.45, 2.75) is 31.5 Å². The van der Waals surface area contributed by atoms with E-state index in [-0.39, 0.29) is 12.4 Å². The lowest BCUT2D eigenvalue weighted by molar-refractivity contribution is 0.0102. The number of nitrogens with zero attached hydrogens (tertiary/aromatic N) is 1. The van der Waals surface area contributed by atoms with Gasteiger partial charge in [-0.2, -0.15) is 0 Å². The molecule has 0 amide bonds. The van der Waals surface area contributed by atoms with E-state index in [0.717, 1.165) is 35.4 Å². The van der Waals surface area contributed by atoms with Crippen molar-refractivity contribution in [3.8, 4) is 0 Å². The van der Waals surface area contributed by atoms with Crippen molar-refractivity contribution in [1.29, 1.82) is 0 Å². The summed E-state index contributed by atoms with van der Waals surface area (Å²) in [7, 11) is 1.78. The van der Waals surface area contributed by atoms with Gasteiger partial charge in [0.1, 0.15) is 0 Å². The van der Waals surface area contributed by atoms with Crippen molar-refractivity contribution in [3.05, 3.63) is 33.3 Å². The van der Waals surface area contributed by atoms with Crippen LogP contribution in [0.3, 0.4) is 0 Å². The number of rotatable bonds is 4. The first-order valence-corrected chi connectivity index (χ1v) is 7.72. The van der Waals surface area contributed by atoms with E-state index in [2.05, 4.69) is 33.0 Å². The standard InChI is InChI=1S/C14H20BrClN2O.ClH/c1-19-12-4-5-18(11(7-12)8-17)9-10-2-3-14(16)13(15)6-10;/h2-3,6,11-12H,4-5,7-9,17H2,1H3;1H. The second-order valence-electron chi connectivity index (χ2n) is 4.99. The van der Waals surface area contributed by atoms with Gasteiger partial charge >= 0.3 is 0 Å². The summed E-state index contributed by atoms with van der Waals surface area (Å²) in [4.78, 5) is 2.44. The number of hydrogen-bond acceptors (Lipinski definition) is 3. The molecular formula is C14H21BrCl2N2O. The molecular weight excluding hydrogens is 363 g/mol. The summed E-state index contributed by atoms with van der Waals surface area (Å²) >= 11 is 9.49. The van der Waals surface area contributed by atoms with E-state index >= 15 is 0 Å². The van der Waals surface area contributed by atoms with E-state index in [4.69, 9.17) is 22.1 Å². The summed E-state index contributed by atoms with van der Waals surface area (Å²) in [5.74, 6) is 0. The van der Waals surface area contributed by atoms with Crippen molar-refractivity contribution in [3.63, 3.8) is 0 Å². The van der Waals surface area contributed by atoms with Gasteiger partial charge in [-0.25, -0.2) is 0 Å². The zero-order valence-electron chi connectivity index (χ0n) is 11.5. The van der Waals surface area contributed by atoms with E-state index in [1.54, 1.807) is 7.11 Å². The minimum atomic E-state index is 0. The van der Waals surface area contributed by atoms with Gasteiger partial charge in [0.2, 0.25) is 0 Å². The average Bonchev–Trinajstić information content (AvgIpc) is 2.43. The second kappa shape index (κ2) is 8.57. The smallest absolute Gasteiger partial charge is 0.0599 e.